The van der Waals surface area contributed by atoms with Gasteiger partial charge in [0.1, 0.15) is 11.4 Å². The number of hydrogen-bond donors (Lipinski definition) is 1. The second-order valence-corrected chi connectivity index (χ2v) is 7.47. The lowest BCUT2D eigenvalue weighted by Crippen LogP contribution is -2.05. The minimum Gasteiger partial charge on any atom is -0.606 e. The number of alkyl halides is 3. The van der Waals surface area contributed by atoms with E-state index in [-0.39, 0.29) is 10.6 Å². The van der Waals surface area contributed by atoms with E-state index >= 15 is 0 Å². The molecule has 2 aromatic carbocycles. The lowest BCUT2D eigenvalue weighted by molar-refractivity contribution is -0.140. The number of aromatic nitrogens is 1. The molecule has 0 saturated heterocycles. The molecule has 1 atom stereocenters. The van der Waals surface area contributed by atoms with E-state index in [1.807, 2.05) is 0 Å². The zero-order chi connectivity index (χ0) is 18.2. The van der Waals surface area contributed by atoms with Crippen molar-refractivity contribution in [3.05, 3.63) is 70.3 Å². The third-order valence-electron chi connectivity index (χ3n) is 3.45. The topological polar surface area (TPSA) is 38.8 Å². The number of hydrogen-bond acceptors (Lipinski definition) is 1. The van der Waals surface area contributed by atoms with Gasteiger partial charge in [-0.2, -0.15) is 13.2 Å². The first-order valence-electron chi connectivity index (χ1n) is 6.99. The smallest absolute Gasteiger partial charge is 0.431 e. The Morgan fingerprint density at radius 3 is 1.92 bits per heavy atom. The highest BCUT2D eigenvalue weighted by Gasteiger charge is 2.36. The standard InChI is InChI=1S/C17H10Cl2F3NOS/c18-11-3-1-10(2-4-11)16-14(9-15(23-16)17(20,21)22)25(24)13-7-5-12(19)6-8-13/h1-9,23H. The molecule has 0 bridgehead atoms. The summed E-state index contributed by atoms with van der Waals surface area (Å²) >= 11 is 9.82. The van der Waals surface area contributed by atoms with Gasteiger partial charge in [0.25, 0.3) is 0 Å². The van der Waals surface area contributed by atoms with Gasteiger partial charge in [-0.25, -0.2) is 0 Å². The molecule has 3 rings (SSSR count). The monoisotopic (exact) mass is 403 g/mol. The summed E-state index contributed by atoms with van der Waals surface area (Å²) in [6, 6.07) is 13.2. The van der Waals surface area contributed by atoms with Crippen molar-refractivity contribution < 1.29 is 17.7 Å². The Labute approximate surface area is 154 Å². The number of H-pyrrole nitrogens is 1. The molecule has 3 aromatic rings. The maximum atomic E-state index is 13.1. The SMILES string of the molecule is [O-][S+](c1ccc(Cl)cc1)c1cc(C(F)(F)F)[nH]c1-c1ccc(Cl)cc1. The molecule has 0 spiro atoms. The Kier molecular flexibility index (Phi) is 5.06. The van der Waals surface area contributed by atoms with E-state index in [1.165, 1.54) is 24.3 Å². The lowest BCUT2D eigenvalue weighted by atomic mass is 10.2. The summed E-state index contributed by atoms with van der Waals surface area (Å²) in [6.45, 7) is 0. The maximum absolute atomic E-state index is 13.1. The van der Waals surface area contributed by atoms with Crippen LogP contribution in [0.2, 0.25) is 10.0 Å². The van der Waals surface area contributed by atoms with Crippen molar-refractivity contribution in [2.75, 3.05) is 0 Å². The van der Waals surface area contributed by atoms with Crippen molar-refractivity contribution in [3.8, 4) is 11.3 Å². The average Bonchev–Trinajstić information content (AvgIpc) is 3.01. The fourth-order valence-electron chi connectivity index (χ4n) is 2.25. The second kappa shape index (κ2) is 6.96. The molecule has 2 nitrogen and oxygen atoms in total. The third-order valence-corrected chi connectivity index (χ3v) is 5.37. The fraction of sp³-hybridized carbons (Fsp3) is 0.0588. The van der Waals surface area contributed by atoms with Gasteiger partial charge in [-0.05, 0) is 36.4 Å². The van der Waals surface area contributed by atoms with Crippen LogP contribution in [-0.4, -0.2) is 9.54 Å². The van der Waals surface area contributed by atoms with E-state index in [9.17, 15) is 17.7 Å². The summed E-state index contributed by atoms with van der Waals surface area (Å²) < 4.78 is 52.1. The van der Waals surface area contributed by atoms with E-state index < -0.39 is 23.0 Å². The molecule has 1 N–H and O–H groups in total. The van der Waals surface area contributed by atoms with Crippen molar-refractivity contribution in [1.82, 2.24) is 4.98 Å². The molecule has 1 aromatic heterocycles. The Morgan fingerprint density at radius 1 is 0.880 bits per heavy atom. The summed E-state index contributed by atoms with van der Waals surface area (Å²) in [6.07, 6.45) is -4.58. The van der Waals surface area contributed by atoms with Crippen molar-refractivity contribution in [1.29, 1.82) is 0 Å². The molecule has 0 fully saturated rings. The molecular formula is C17H10Cl2F3NOS. The Morgan fingerprint density at radius 2 is 1.40 bits per heavy atom. The van der Waals surface area contributed by atoms with Crippen LogP contribution >= 0.6 is 23.2 Å². The van der Waals surface area contributed by atoms with Gasteiger partial charge in [0.15, 0.2) is 9.79 Å². The molecule has 0 aliphatic heterocycles. The minimum atomic E-state index is -4.58. The van der Waals surface area contributed by atoms with E-state index in [0.29, 0.717) is 20.5 Å². The largest absolute Gasteiger partial charge is 0.606 e. The minimum absolute atomic E-state index is 0.0389. The number of halogens is 5. The fourth-order valence-corrected chi connectivity index (χ4v) is 3.72. The van der Waals surface area contributed by atoms with Gasteiger partial charge in [-0.1, -0.05) is 35.3 Å². The molecule has 0 amide bonds. The average molecular weight is 404 g/mol. The van der Waals surface area contributed by atoms with Gasteiger partial charge < -0.3 is 9.54 Å². The van der Waals surface area contributed by atoms with Crippen LogP contribution in [0, 0.1) is 0 Å². The van der Waals surface area contributed by atoms with Crippen LogP contribution in [-0.2, 0) is 17.4 Å². The van der Waals surface area contributed by atoms with Crippen LogP contribution < -0.4 is 0 Å². The highest BCUT2D eigenvalue weighted by atomic mass is 35.5. The van der Waals surface area contributed by atoms with Gasteiger partial charge in [-0.15, -0.1) is 0 Å². The molecule has 0 aliphatic carbocycles. The summed E-state index contributed by atoms with van der Waals surface area (Å²) in [5, 5.41) is 0.899. The van der Waals surface area contributed by atoms with E-state index in [4.69, 9.17) is 23.2 Å². The summed E-state index contributed by atoms with van der Waals surface area (Å²) in [7, 11) is 0. The number of benzene rings is 2. The second-order valence-electron chi connectivity index (χ2n) is 5.15. The van der Waals surface area contributed by atoms with Crippen molar-refractivity contribution in [3.63, 3.8) is 0 Å². The van der Waals surface area contributed by atoms with Crippen LogP contribution in [0.25, 0.3) is 11.3 Å². The molecule has 0 aliphatic rings. The lowest BCUT2D eigenvalue weighted by Gasteiger charge is -2.10. The van der Waals surface area contributed by atoms with Crippen LogP contribution in [0.1, 0.15) is 5.69 Å². The molecular weight excluding hydrogens is 394 g/mol. The first-order valence-corrected chi connectivity index (χ1v) is 8.90. The van der Waals surface area contributed by atoms with Crippen LogP contribution in [0.15, 0.2) is 64.4 Å². The third kappa shape index (κ3) is 3.98. The zero-order valence-corrected chi connectivity index (χ0v) is 14.7. The summed E-state index contributed by atoms with van der Waals surface area (Å²) in [4.78, 5) is 2.73. The Balaban J connectivity index is 2.11. The van der Waals surface area contributed by atoms with Gasteiger partial charge in [-0.3, -0.25) is 0 Å². The van der Waals surface area contributed by atoms with Crippen LogP contribution in [0.4, 0.5) is 13.2 Å². The highest BCUT2D eigenvalue weighted by molar-refractivity contribution is 7.91. The van der Waals surface area contributed by atoms with Crippen molar-refractivity contribution in [2.45, 2.75) is 16.0 Å². The van der Waals surface area contributed by atoms with E-state index in [1.54, 1.807) is 24.3 Å². The number of nitrogens with one attached hydrogen (secondary N) is 1. The molecule has 1 heterocycles. The van der Waals surface area contributed by atoms with Gasteiger partial charge in [0, 0.05) is 32.9 Å². The maximum Gasteiger partial charge on any atom is 0.431 e. The van der Waals surface area contributed by atoms with Crippen molar-refractivity contribution in [2.24, 2.45) is 0 Å². The molecule has 130 valence electrons. The molecule has 25 heavy (non-hydrogen) atoms. The summed E-state index contributed by atoms with van der Waals surface area (Å²) in [5.41, 5.74) is -0.371. The van der Waals surface area contributed by atoms with Gasteiger partial charge in [0.2, 0.25) is 0 Å². The number of rotatable bonds is 3. The Bertz CT molecular complexity index is 876. The first-order chi connectivity index (χ1) is 11.8. The Hall–Kier alpha value is -1.60. The van der Waals surface area contributed by atoms with Crippen LogP contribution in [0.3, 0.4) is 0 Å². The summed E-state index contributed by atoms with van der Waals surface area (Å²) in [5.74, 6) is 0. The molecule has 0 radical (unpaired) electrons. The van der Waals surface area contributed by atoms with Crippen molar-refractivity contribution >= 4 is 34.4 Å². The van der Waals surface area contributed by atoms with E-state index in [0.717, 1.165) is 6.07 Å². The normalized spacial score (nSPS) is 13.0. The molecule has 1 unspecified atom stereocenters. The predicted molar refractivity (Wildman–Crippen MR) is 92.4 cm³/mol. The van der Waals surface area contributed by atoms with E-state index in [2.05, 4.69) is 4.98 Å². The highest BCUT2D eigenvalue weighted by Crippen LogP contribution is 2.38. The quantitative estimate of drug-likeness (QED) is 0.521. The predicted octanol–water partition coefficient (Wildman–Crippen LogP) is 6.17. The van der Waals surface area contributed by atoms with Gasteiger partial charge >= 0.3 is 6.18 Å². The molecule has 0 saturated carbocycles. The first kappa shape index (κ1) is 18.2. The van der Waals surface area contributed by atoms with Gasteiger partial charge in [0.05, 0.1) is 0 Å². The molecule has 8 heteroatoms. The zero-order valence-electron chi connectivity index (χ0n) is 12.4. The van der Waals surface area contributed by atoms with Crippen LogP contribution in [0.5, 0.6) is 0 Å². The number of aromatic amines is 1.